The van der Waals surface area contributed by atoms with Crippen LogP contribution in [0.15, 0.2) is 36.2 Å². The molecule has 2 aromatic rings. The number of aldehydes is 1. The molecule has 0 aliphatic carbocycles. The number of hydrogen-bond donors (Lipinski definition) is 3. The first-order valence-electron chi connectivity index (χ1n) is 12.8. The van der Waals surface area contributed by atoms with Crippen molar-refractivity contribution < 1.29 is 19.5 Å². The predicted molar refractivity (Wildman–Crippen MR) is 134 cm³/mol. The van der Waals surface area contributed by atoms with Crippen molar-refractivity contribution >= 4 is 29.0 Å². The van der Waals surface area contributed by atoms with Crippen molar-refractivity contribution in [2.75, 3.05) is 59.0 Å². The van der Waals surface area contributed by atoms with Crippen molar-refractivity contribution in [3.8, 4) is 0 Å². The number of para-hydroxylation sites is 1. The van der Waals surface area contributed by atoms with E-state index in [9.17, 15) is 19.5 Å². The first kappa shape index (κ1) is 23.9. The number of fused-ring (bicyclic) bond motifs is 4. The number of hydrogen-bond acceptors (Lipinski definition) is 9. The van der Waals surface area contributed by atoms with Crippen LogP contribution in [0.3, 0.4) is 0 Å². The second-order valence-electron chi connectivity index (χ2n) is 9.93. The number of carbonyl (C=O) groups excluding carboxylic acids is 3. The van der Waals surface area contributed by atoms with Crippen LogP contribution in [-0.4, -0.2) is 123 Å². The highest BCUT2D eigenvalue weighted by atomic mass is 16.3. The van der Waals surface area contributed by atoms with Crippen LogP contribution in [0.5, 0.6) is 0 Å². The quantitative estimate of drug-likeness (QED) is 0.399. The van der Waals surface area contributed by atoms with Gasteiger partial charge < -0.3 is 24.7 Å². The number of carbonyl (C=O) groups is 3. The largest absolute Gasteiger partial charge is 0.395 e. The number of aliphatic hydroxyl groups is 1. The molecule has 1 aromatic heterocycles. The zero-order valence-corrected chi connectivity index (χ0v) is 20.7. The molecule has 2 saturated heterocycles. The molecule has 37 heavy (non-hydrogen) atoms. The van der Waals surface area contributed by atoms with E-state index in [1.165, 1.54) is 0 Å². The van der Waals surface area contributed by atoms with E-state index in [1.807, 2.05) is 29.6 Å². The number of nitrogens with one attached hydrogen (secondary N) is 2. The molecule has 4 aliphatic rings. The molecule has 3 N–H and O–H groups in total. The molecule has 12 heteroatoms. The van der Waals surface area contributed by atoms with Gasteiger partial charge in [0.15, 0.2) is 0 Å². The van der Waals surface area contributed by atoms with Gasteiger partial charge >= 0.3 is 0 Å². The average molecular weight is 509 g/mol. The summed E-state index contributed by atoms with van der Waals surface area (Å²) in [6, 6.07) is 7.52. The Morgan fingerprint density at radius 1 is 1.08 bits per heavy atom. The Labute approximate surface area is 214 Å². The molecule has 2 amide bonds. The number of amides is 2. The molecule has 196 valence electrons. The van der Waals surface area contributed by atoms with E-state index in [-0.39, 0.29) is 38.1 Å². The van der Waals surface area contributed by atoms with Gasteiger partial charge in [-0.25, -0.2) is 5.01 Å². The highest BCUT2D eigenvalue weighted by Crippen LogP contribution is 2.32. The van der Waals surface area contributed by atoms with Gasteiger partial charge in [0, 0.05) is 61.9 Å². The first-order chi connectivity index (χ1) is 18.1. The summed E-state index contributed by atoms with van der Waals surface area (Å²) in [6.45, 7) is 4.70. The number of piperazine rings is 2. The van der Waals surface area contributed by atoms with E-state index >= 15 is 0 Å². The monoisotopic (exact) mass is 508 g/mol. The molecule has 0 spiro atoms. The summed E-state index contributed by atoms with van der Waals surface area (Å²) in [5.74, 6) is -0.120. The topological polar surface area (TPSA) is 119 Å². The number of nitrogens with zero attached hydrogens (tertiary/aromatic N) is 6. The number of hydrazine groups is 3. The Balaban J connectivity index is 1.15. The van der Waals surface area contributed by atoms with E-state index in [0.717, 1.165) is 60.3 Å². The number of aromatic amines is 1. The van der Waals surface area contributed by atoms with Crippen molar-refractivity contribution in [3.05, 3.63) is 47.4 Å². The van der Waals surface area contributed by atoms with Gasteiger partial charge in [-0.15, -0.1) is 0 Å². The van der Waals surface area contributed by atoms with Crippen LogP contribution in [0.25, 0.3) is 10.9 Å². The Hall–Kier alpha value is -3.45. The Bertz CT molecular complexity index is 1240. The number of H-pyrrole nitrogens is 1. The molecule has 6 rings (SSSR count). The minimum Gasteiger partial charge on any atom is -0.395 e. The SMILES string of the molecule is O=CCN1C=C(CN2CC(=O)N3Cc4[nH]c5ccccc5c4CC3C2=O)NN1N1CCN(CCO)CC1. The van der Waals surface area contributed by atoms with Crippen molar-refractivity contribution in [1.29, 1.82) is 0 Å². The van der Waals surface area contributed by atoms with Crippen molar-refractivity contribution in [3.63, 3.8) is 0 Å². The highest BCUT2D eigenvalue weighted by molar-refractivity contribution is 5.97. The van der Waals surface area contributed by atoms with Gasteiger partial charge in [0.05, 0.1) is 31.9 Å². The number of aliphatic hydroxyl groups excluding tert-OH is 1. The summed E-state index contributed by atoms with van der Waals surface area (Å²) >= 11 is 0. The summed E-state index contributed by atoms with van der Waals surface area (Å²) in [7, 11) is 0. The predicted octanol–water partition coefficient (Wildman–Crippen LogP) is -1.13. The third kappa shape index (κ3) is 4.35. The lowest BCUT2D eigenvalue weighted by Gasteiger charge is -2.43. The minimum atomic E-state index is -0.517. The first-order valence-corrected chi connectivity index (χ1v) is 12.8. The van der Waals surface area contributed by atoms with Gasteiger partial charge in [-0.3, -0.25) is 24.9 Å². The Kier molecular flexibility index (Phi) is 6.32. The highest BCUT2D eigenvalue weighted by Gasteiger charge is 2.43. The number of β-amino-alcohol motifs (C(OH)–C–C–N with tert-alkyl or cyclic N) is 1. The van der Waals surface area contributed by atoms with Crippen LogP contribution in [0.2, 0.25) is 0 Å². The standard InChI is InChI=1S/C25H32N8O4/c34-11-9-28-5-7-30(8-6-28)33-27-18(15-31(33)10-12-35)14-29-17-24(36)32-16-22-20(13-23(32)25(29)37)19-3-1-2-4-21(19)26-22/h1-4,12,15,23,26-27,34H,5-11,13-14,16-17H2. The fourth-order valence-corrected chi connectivity index (χ4v) is 5.84. The molecule has 1 atom stereocenters. The van der Waals surface area contributed by atoms with Gasteiger partial charge in [0.25, 0.3) is 0 Å². The van der Waals surface area contributed by atoms with Crippen LogP contribution in [0.4, 0.5) is 0 Å². The molecule has 2 fully saturated rings. The maximum absolute atomic E-state index is 13.6. The van der Waals surface area contributed by atoms with Crippen LogP contribution >= 0.6 is 0 Å². The Morgan fingerprint density at radius 2 is 1.89 bits per heavy atom. The van der Waals surface area contributed by atoms with Crippen LogP contribution in [-0.2, 0) is 27.3 Å². The van der Waals surface area contributed by atoms with E-state index in [1.54, 1.807) is 14.8 Å². The van der Waals surface area contributed by atoms with Gasteiger partial charge in [0.2, 0.25) is 11.8 Å². The molecule has 1 unspecified atom stereocenters. The second kappa shape index (κ2) is 9.78. The fraction of sp³-hybridized carbons (Fsp3) is 0.480. The fourth-order valence-electron chi connectivity index (χ4n) is 5.84. The average Bonchev–Trinajstić information content (AvgIpc) is 3.48. The molecule has 4 aliphatic heterocycles. The number of aromatic nitrogens is 1. The summed E-state index contributed by atoms with van der Waals surface area (Å²) in [4.78, 5) is 47.0. The third-order valence-corrected chi connectivity index (χ3v) is 7.69. The summed E-state index contributed by atoms with van der Waals surface area (Å²) in [5, 5.41) is 16.0. The van der Waals surface area contributed by atoms with Crippen molar-refractivity contribution in [2.45, 2.75) is 19.0 Å². The molecule has 0 radical (unpaired) electrons. The molecule has 1 aromatic carbocycles. The van der Waals surface area contributed by atoms with Gasteiger partial charge in [-0.05, 0) is 11.6 Å². The maximum Gasteiger partial charge on any atom is 0.246 e. The van der Waals surface area contributed by atoms with Crippen LogP contribution in [0.1, 0.15) is 11.3 Å². The lowest BCUT2D eigenvalue weighted by atomic mass is 9.94. The third-order valence-electron chi connectivity index (χ3n) is 7.69. The molecular weight excluding hydrogens is 476 g/mol. The number of rotatable bonds is 7. The lowest BCUT2D eigenvalue weighted by Crippen LogP contribution is -2.62. The molecule has 0 saturated carbocycles. The normalized spacial score (nSPS) is 23.3. The molecule has 5 heterocycles. The summed E-state index contributed by atoms with van der Waals surface area (Å²) in [5.41, 5.74) is 7.22. The zero-order chi connectivity index (χ0) is 25.5. The van der Waals surface area contributed by atoms with Crippen molar-refractivity contribution in [1.82, 2.24) is 40.4 Å². The van der Waals surface area contributed by atoms with Gasteiger partial charge in [-0.1, -0.05) is 23.4 Å². The summed E-state index contributed by atoms with van der Waals surface area (Å²) < 4.78 is 0. The van der Waals surface area contributed by atoms with Gasteiger partial charge in [0.1, 0.15) is 18.9 Å². The second-order valence-corrected chi connectivity index (χ2v) is 9.93. The van der Waals surface area contributed by atoms with Crippen molar-refractivity contribution in [2.24, 2.45) is 0 Å². The van der Waals surface area contributed by atoms with E-state index in [2.05, 4.69) is 26.4 Å². The zero-order valence-electron chi connectivity index (χ0n) is 20.7. The number of benzene rings is 1. The molecule has 0 bridgehead atoms. The lowest BCUT2D eigenvalue weighted by molar-refractivity contribution is -0.190. The Morgan fingerprint density at radius 3 is 2.68 bits per heavy atom. The van der Waals surface area contributed by atoms with Crippen LogP contribution in [0, 0.1) is 0 Å². The van der Waals surface area contributed by atoms with Crippen LogP contribution < -0.4 is 5.43 Å². The minimum absolute atomic E-state index is 0.0252. The summed E-state index contributed by atoms with van der Waals surface area (Å²) in [6.07, 6.45) is 3.16. The molecular formula is C25H32N8O4. The van der Waals surface area contributed by atoms with Gasteiger partial charge in [-0.2, -0.15) is 0 Å². The molecule has 12 nitrogen and oxygen atoms in total. The van der Waals surface area contributed by atoms with E-state index < -0.39 is 6.04 Å². The maximum atomic E-state index is 13.6. The van der Waals surface area contributed by atoms with E-state index in [4.69, 9.17) is 0 Å². The smallest absolute Gasteiger partial charge is 0.246 e. The van der Waals surface area contributed by atoms with E-state index in [0.29, 0.717) is 19.5 Å².